The second-order valence-corrected chi connectivity index (χ2v) is 5.16. The van der Waals surface area contributed by atoms with Gasteiger partial charge in [-0.2, -0.15) is 11.8 Å². The molecule has 1 atom stereocenters. The molecule has 0 fully saturated rings. The third kappa shape index (κ3) is 12.2. The van der Waals surface area contributed by atoms with Crippen molar-refractivity contribution in [3.8, 4) is 0 Å². The first-order valence-electron chi connectivity index (χ1n) is 6.18. The maximum Gasteiger partial charge on any atom is 0.0630 e. The number of thioether (sulfide) groups is 1. The van der Waals surface area contributed by atoms with E-state index in [0.717, 1.165) is 24.3 Å². The predicted octanol–water partition coefficient (Wildman–Crippen LogP) is 2.82. The Morgan fingerprint density at radius 1 is 1.07 bits per heavy atom. The van der Waals surface area contributed by atoms with Crippen LogP contribution in [0, 0.1) is 0 Å². The summed E-state index contributed by atoms with van der Waals surface area (Å²) in [5.41, 5.74) is 0. The fourth-order valence-electron chi connectivity index (χ4n) is 1.53. The molecule has 92 valence electrons. The van der Waals surface area contributed by atoms with Crippen LogP contribution in [0.4, 0.5) is 0 Å². The highest BCUT2D eigenvalue weighted by Gasteiger charge is 2.03. The van der Waals surface area contributed by atoms with Crippen molar-refractivity contribution in [2.24, 2.45) is 0 Å². The Labute approximate surface area is 98.5 Å². The summed E-state index contributed by atoms with van der Waals surface area (Å²) in [6.07, 6.45) is 8.43. The van der Waals surface area contributed by atoms with Crippen LogP contribution in [0.3, 0.4) is 0 Å². The maximum absolute atomic E-state index is 9.58. The van der Waals surface area contributed by atoms with Crippen molar-refractivity contribution < 1.29 is 10.2 Å². The first kappa shape index (κ1) is 15.3. The summed E-state index contributed by atoms with van der Waals surface area (Å²) in [5.74, 6) is 1.52. The largest absolute Gasteiger partial charge is 0.396 e. The Bertz CT molecular complexity index is 120. The zero-order valence-electron chi connectivity index (χ0n) is 9.95. The smallest absolute Gasteiger partial charge is 0.0630 e. The lowest BCUT2D eigenvalue weighted by Gasteiger charge is -2.09. The SMILES string of the molecule is CCCCCCCCC(O)CSCCO. The second-order valence-electron chi connectivity index (χ2n) is 4.01. The van der Waals surface area contributed by atoms with Crippen molar-refractivity contribution in [2.75, 3.05) is 18.1 Å². The van der Waals surface area contributed by atoms with Crippen LogP contribution in [-0.4, -0.2) is 34.4 Å². The first-order valence-corrected chi connectivity index (χ1v) is 7.33. The lowest BCUT2D eigenvalue weighted by atomic mass is 10.1. The van der Waals surface area contributed by atoms with E-state index in [0.29, 0.717) is 0 Å². The Morgan fingerprint density at radius 2 is 1.73 bits per heavy atom. The Hall–Kier alpha value is 0.270. The molecule has 0 saturated carbocycles. The molecule has 0 radical (unpaired) electrons. The van der Waals surface area contributed by atoms with Gasteiger partial charge in [0, 0.05) is 11.5 Å². The van der Waals surface area contributed by atoms with E-state index in [1.54, 1.807) is 11.8 Å². The zero-order chi connectivity index (χ0) is 11.4. The first-order chi connectivity index (χ1) is 7.31. The molecule has 0 rings (SSSR count). The highest BCUT2D eigenvalue weighted by atomic mass is 32.2. The number of aliphatic hydroxyl groups is 2. The van der Waals surface area contributed by atoms with E-state index in [1.165, 1.54) is 32.1 Å². The molecule has 3 heteroatoms. The van der Waals surface area contributed by atoms with Crippen molar-refractivity contribution in [1.29, 1.82) is 0 Å². The fraction of sp³-hybridized carbons (Fsp3) is 1.00. The van der Waals surface area contributed by atoms with E-state index >= 15 is 0 Å². The van der Waals surface area contributed by atoms with Crippen LogP contribution in [0.2, 0.25) is 0 Å². The van der Waals surface area contributed by atoms with Crippen LogP contribution >= 0.6 is 11.8 Å². The molecule has 0 bridgehead atoms. The number of rotatable bonds is 11. The number of hydrogen-bond acceptors (Lipinski definition) is 3. The van der Waals surface area contributed by atoms with E-state index in [1.807, 2.05) is 0 Å². The van der Waals surface area contributed by atoms with Gasteiger partial charge in [-0.1, -0.05) is 45.4 Å². The molecule has 0 heterocycles. The van der Waals surface area contributed by atoms with Crippen molar-refractivity contribution >= 4 is 11.8 Å². The summed E-state index contributed by atoms with van der Waals surface area (Å²) in [6.45, 7) is 2.44. The lowest BCUT2D eigenvalue weighted by molar-refractivity contribution is 0.184. The van der Waals surface area contributed by atoms with Gasteiger partial charge in [-0.05, 0) is 6.42 Å². The summed E-state index contributed by atoms with van der Waals surface area (Å²) in [6, 6.07) is 0. The van der Waals surface area contributed by atoms with Gasteiger partial charge in [0.2, 0.25) is 0 Å². The summed E-state index contributed by atoms with van der Waals surface area (Å²) in [7, 11) is 0. The Kier molecular flexibility index (Phi) is 12.6. The maximum atomic E-state index is 9.58. The highest BCUT2D eigenvalue weighted by Crippen LogP contribution is 2.11. The average Bonchev–Trinajstić information content (AvgIpc) is 2.23. The quantitative estimate of drug-likeness (QED) is 0.540. The molecule has 0 aromatic rings. The molecule has 15 heavy (non-hydrogen) atoms. The second kappa shape index (κ2) is 12.3. The molecular formula is C12H26O2S. The summed E-state index contributed by atoms with van der Waals surface area (Å²) in [5, 5.41) is 18.1. The van der Waals surface area contributed by atoms with Crippen molar-refractivity contribution in [3.05, 3.63) is 0 Å². The van der Waals surface area contributed by atoms with Crippen molar-refractivity contribution in [3.63, 3.8) is 0 Å². The molecule has 0 amide bonds. The average molecular weight is 234 g/mol. The molecule has 0 aliphatic rings. The van der Waals surface area contributed by atoms with E-state index in [9.17, 15) is 5.11 Å². The monoisotopic (exact) mass is 234 g/mol. The molecule has 2 nitrogen and oxygen atoms in total. The van der Waals surface area contributed by atoms with Crippen LogP contribution in [0.25, 0.3) is 0 Å². The van der Waals surface area contributed by atoms with E-state index in [2.05, 4.69) is 6.92 Å². The van der Waals surface area contributed by atoms with Gasteiger partial charge < -0.3 is 10.2 Å². The third-order valence-corrected chi connectivity index (χ3v) is 3.53. The van der Waals surface area contributed by atoms with E-state index in [4.69, 9.17) is 5.11 Å². The molecule has 0 aromatic carbocycles. The van der Waals surface area contributed by atoms with Crippen molar-refractivity contribution in [2.45, 2.75) is 58.0 Å². The van der Waals surface area contributed by atoms with Crippen LogP contribution in [0.15, 0.2) is 0 Å². The van der Waals surface area contributed by atoms with Gasteiger partial charge in [-0.15, -0.1) is 0 Å². The van der Waals surface area contributed by atoms with Gasteiger partial charge in [-0.3, -0.25) is 0 Å². The highest BCUT2D eigenvalue weighted by molar-refractivity contribution is 7.99. The third-order valence-electron chi connectivity index (χ3n) is 2.44. The van der Waals surface area contributed by atoms with Gasteiger partial charge in [0.05, 0.1) is 12.7 Å². The van der Waals surface area contributed by atoms with Crippen LogP contribution in [-0.2, 0) is 0 Å². The lowest BCUT2D eigenvalue weighted by Crippen LogP contribution is -2.10. The molecule has 0 aliphatic carbocycles. The standard InChI is InChI=1S/C12H26O2S/c1-2-3-4-5-6-7-8-12(14)11-15-10-9-13/h12-14H,2-11H2,1H3. The Morgan fingerprint density at radius 3 is 2.40 bits per heavy atom. The van der Waals surface area contributed by atoms with Crippen molar-refractivity contribution in [1.82, 2.24) is 0 Å². The Balaban J connectivity index is 3.06. The summed E-state index contributed by atoms with van der Waals surface area (Å²) >= 11 is 1.63. The summed E-state index contributed by atoms with van der Waals surface area (Å²) in [4.78, 5) is 0. The van der Waals surface area contributed by atoms with Gasteiger partial charge in [-0.25, -0.2) is 0 Å². The topological polar surface area (TPSA) is 40.5 Å². The predicted molar refractivity (Wildman–Crippen MR) is 68.4 cm³/mol. The molecular weight excluding hydrogens is 208 g/mol. The normalized spacial score (nSPS) is 13.0. The minimum Gasteiger partial charge on any atom is -0.396 e. The molecule has 0 spiro atoms. The van der Waals surface area contributed by atoms with E-state index in [-0.39, 0.29) is 12.7 Å². The minimum atomic E-state index is -0.173. The molecule has 0 saturated heterocycles. The van der Waals surface area contributed by atoms with Gasteiger partial charge in [0.15, 0.2) is 0 Å². The number of hydrogen-bond donors (Lipinski definition) is 2. The summed E-state index contributed by atoms with van der Waals surface area (Å²) < 4.78 is 0. The number of aliphatic hydroxyl groups excluding tert-OH is 2. The number of unbranched alkanes of at least 4 members (excludes halogenated alkanes) is 5. The van der Waals surface area contributed by atoms with Gasteiger partial charge in [0.1, 0.15) is 0 Å². The van der Waals surface area contributed by atoms with Gasteiger partial charge >= 0.3 is 0 Å². The van der Waals surface area contributed by atoms with Crippen LogP contribution in [0.5, 0.6) is 0 Å². The van der Waals surface area contributed by atoms with Gasteiger partial charge in [0.25, 0.3) is 0 Å². The molecule has 0 aromatic heterocycles. The zero-order valence-corrected chi connectivity index (χ0v) is 10.8. The molecule has 2 N–H and O–H groups in total. The molecule has 1 unspecified atom stereocenters. The minimum absolute atomic E-state index is 0.173. The van der Waals surface area contributed by atoms with E-state index < -0.39 is 0 Å². The van der Waals surface area contributed by atoms with Crippen LogP contribution in [0.1, 0.15) is 51.9 Å². The van der Waals surface area contributed by atoms with Crippen LogP contribution < -0.4 is 0 Å². The molecule has 0 aliphatic heterocycles. The fourth-order valence-corrected chi connectivity index (χ4v) is 2.26.